The SMILES string of the molecule is CCNC(=NCc1ccc(OC)c(OC)c1)NCC(c1cccc(F)c1)N(C)C. The van der Waals surface area contributed by atoms with Crippen LogP contribution in [0.4, 0.5) is 4.39 Å². The maximum Gasteiger partial charge on any atom is 0.191 e. The van der Waals surface area contributed by atoms with Crippen molar-refractivity contribution >= 4 is 5.96 Å². The summed E-state index contributed by atoms with van der Waals surface area (Å²) in [6.07, 6.45) is 0. The molecule has 2 aromatic carbocycles. The first kappa shape index (κ1) is 22.5. The lowest BCUT2D eigenvalue weighted by Gasteiger charge is -2.26. The summed E-state index contributed by atoms with van der Waals surface area (Å²) >= 11 is 0. The summed E-state index contributed by atoms with van der Waals surface area (Å²) in [5.74, 6) is 1.83. The molecule has 0 aliphatic rings. The molecule has 0 aromatic heterocycles. The van der Waals surface area contributed by atoms with E-state index in [0.717, 1.165) is 17.7 Å². The van der Waals surface area contributed by atoms with E-state index in [1.807, 2.05) is 45.3 Å². The third-order valence-electron chi connectivity index (χ3n) is 4.53. The lowest BCUT2D eigenvalue weighted by molar-refractivity contribution is 0.297. The van der Waals surface area contributed by atoms with Crippen LogP contribution in [0.15, 0.2) is 47.5 Å². The summed E-state index contributed by atoms with van der Waals surface area (Å²) in [6.45, 7) is 3.84. The number of nitrogens with zero attached hydrogens (tertiary/aromatic N) is 2. The van der Waals surface area contributed by atoms with Crippen molar-refractivity contribution in [3.8, 4) is 11.5 Å². The lowest BCUT2D eigenvalue weighted by atomic mass is 10.1. The highest BCUT2D eigenvalue weighted by Crippen LogP contribution is 2.27. The van der Waals surface area contributed by atoms with Crippen molar-refractivity contribution in [1.29, 1.82) is 0 Å². The molecule has 0 fully saturated rings. The number of likely N-dealkylation sites (N-methyl/N-ethyl adjacent to an activating group) is 1. The lowest BCUT2D eigenvalue weighted by Crippen LogP contribution is -2.41. The molecule has 2 aromatic rings. The third-order valence-corrected chi connectivity index (χ3v) is 4.53. The van der Waals surface area contributed by atoms with Gasteiger partial charge in [-0.05, 0) is 56.4 Å². The standard InChI is InChI=1S/C22H31FN4O2/c1-6-24-22(25-14-16-10-11-20(28-4)21(12-16)29-5)26-15-19(27(2)3)17-8-7-9-18(23)13-17/h7-13,19H,6,14-15H2,1-5H3,(H2,24,25,26). The van der Waals surface area contributed by atoms with Gasteiger partial charge in [-0.1, -0.05) is 18.2 Å². The Morgan fingerprint density at radius 1 is 1.07 bits per heavy atom. The van der Waals surface area contributed by atoms with Crippen molar-refractivity contribution in [2.45, 2.75) is 19.5 Å². The fourth-order valence-electron chi connectivity index (χ4n) is 3.00. The van der Waals surface area contributed by atoms with Crippen molar-refractivity contribution in [3.05, 3.63) is 59.4 Å². The van der Waals surface area contributed by atoms with Gasteiger partial charge in [-0.25, -0.2) is 9.38 Å². The van der Waals surface area contributed by atoms with Crippen LogP contribution in [0.2, 0.25) is 0 Å². The largest absolute Gasteiger partial charge is 0.493 e. The quantitative estimate of drug-likeness (QED) is 0.498. The fraction of sp³-hybridized carbons (Fsp3) is 0.409. The Bertz CT molecular complexity index is 811. The van der Waals surface area contributed by atoms with Crippen molar-refractivity contribution in [3.63, 3.8) is 0 Å². The van der Waals surface area contributed by atoms with E-state index in [9.17, 15) is 4.39 Å². The van der Waals surface area contributed by atoms with E-state index in [1.165, 1.54) is 6.07 Å². The van der Waals surface area contributed by atoms with Gasteiger partial charge in [-0.15, -0.1) is 0 Å². The molecule has 1 unspecified atom stereocenters. The summed E-state index contributed by atoms with van der Waals surface area (Å²) in [7, 11) is 7.18. The highest BCUT2D eigenvalue weighted by Gasteiger charge is 2.15. The van der Waals surface area contributed by atoms with Gasteiger partial charge >= 0.3 is 0 Å². The van der Waals surface area contributed by atoms with Crippen molar-refractivity contribution in [1.82, 2.24) is 15.5 Å². The van der Waals surface area contributed by atoms with Crippen molar-refractivity contribution in [2.75, 3.05) is 41.4 Å². The summed E-state index contributed by atoms with van der Waals surface area (Å²) in [4.78, 5) is 6.72. The van der Waals surface area contributed by atoms with Crippen LogP contribution in [0.25, 0.3) is 0 Å². The first-order valence-corrected chi connectivity index (χ1v) is 9.63. The Hall–Kier alpha value is -2.80. The Balaban J connectivity index is 2.10. The molecule has 0 spiro atoms. The fourth-order valence-corrected chi connectivity index (χ4v) is 3.00. The van der Waals surface area contributed by atoms with Gasteiger partial charge in [0.25, 0.3) is 0 Å². The van der Waals surface area contributed by atoms with Crippen LogP contribution in [0.1, 0.15) is 24.1 Å². The van der Waals surface area contributed by atoms with Crippen LogP contribution in [0, 0.1) is 5.82 Å². The normalized spacial score (nSPS) is 12.6. The van der Waals surface area contributed by atoms with Crippen LogP contribution in [0.3, 0.4) is 0 Å². The Morgan fingerprint density at radius 3 is 2.45 bits per heavy atom. The number of aliphatic imine (C=N–C) groups is 1. The van der Waals surface area contributed by atoms with Gasteiger partial charge < -0.3 is 25.0 Å². The molecule has 0 aliphatic carbocycles. The molecular formula is C22H31FN4O2. The summed E-state index contributed by atoms with van der Waals surface area (Å²) in [5.41, 5.74) is 1.92. The molecule has 7 heteroatoms. The number of hydrogen-bond acceptors (Lipinski definition) is 4. The Labute approximate surface area is 172 Å². The predicted octanol–water partition coefficient (Wildman–Crippen LogP) is 3.20. The molecule has 0 radical (unpaired) electrons. The second-order valence-corrected chi connectivity index (χ2v) is 6.80. The van der Waals surface area contributed by atoms with Gasteiger partial charge in [-0.2, -0.15) is 0 Å². The molecule has 2 N–H and O–H groups in total. The zero-order chi connectivity index (χ0) is 21.2. The van der Waals surface area contributed by atoms with Crippen LogP contribution in [-0.4, -0.2) is 52.3 Å². The van der Waals surface area contributed by atoms with E-state index in [-0.39, 0.29) is 11.9 Å². The Kier molecular flexibility index (Phi) is 8.73. The highest BCUT2D eigenvalue weighted by atomic mass is 19.1. The zero-order valence-electron chi connectivity index (χ0n) is 17.8. The zero-order valence-corrected chi connectivity index (χ0v) is 17.8. The van der Waals surface area contributed by atoms with Crippen LogP contribution < -0.4 is 20.1 Å². The van der Waals surface area contributed by atoms with Gasteiger partial charge in [0.1, 0.15) is 5.82 Å². The van der Waals surface area contributed by atoms with E-state index in [1.54, 1.807) is 26.4 Å². The van der Waals surface area contributed by atoms with Gasteiger partial charge in [0.05, 0.1) is 26.8 Å². The first-order chi connectivity index (χ1) is 14.0. The number of benzene rings is 2. The highest BCUT2D eigenvalue weighted by molar-refractivity contribution is 5.79. The maximum absolute atomic E-state index is 13.6. The average molecular weight is 403 g/mol. The molecular weight excluding hydrogens is 371 g/mol. The number of halogens is 1. The Morgan fingerprint density at radius 2 is 1.83 bits per heavy atom. The average Bonchev–Trinajstić information content (AvgIpc) is 2.71. The van der Waals surface area contributed by atoms with E-state index in [2.05, 4.69) is 20.5 Å². The van der Waals surface area contributed by atoms with Crippen LogP contribution in [0.5, 0.6) is 11.5 Å². The smallest absolute Gasteiger partial charge is 0.191 e. The molecule has 0 saturated carbocycles. The number of methoxy groups -OCH3 is 2. The summed E-state index contributed by atoms with van der Waals surface area (Å²) in [5, 5.41) is 6.61. The molecule has 6 nitrogen and oxygen atoms in total. The molecule has 0 heterocycles. The minimum absolute atomic E-state index is 0.00985. The van der Waals surface area contributed by atoms with Crippen LogP contribution >= 0.6 is 0 Å². The molecule has 158 valence electrons. The number of hydrogen-bond donors (Lipinski definition) is 2. The second-order valence-electron chi connectivity index (χ2n) is 6.80. The first-order valence-electron chi connectivity index (χ1n) is 9.63. The maximum atomic E-state index is 13.6. The molecule has 29 heavy (non-hydrogen) atoms. The minimum Gasteiger partial charge on any atom is -0.493 e. The van der Waals surface area contributed by atoms with Gasteiger partial charge in [0.2, 0.25) is 0 Å². The van der Waals surface area contributed by atoms with Crippen LogP contribution in [-0.2, 0) is 6.54 Å². The number of ether oxygens (including phenoxy) is 2. The summed E-state index contributed by atoms with van der Waals surface area (Å²) in [6, 6.07) is 12.5. The van der Waals surface area contributed by atoms with E-state index >= 15 is 0 Å². The second kappa shape index (κ2) is 11.3. The van der Waals surface area contributed by atoms with Gasteiger partial charge in [-0.3, -0.25) is 0 Å². The third kappa shape index (κ3) is 6.64. The number of rotatable bonds is 9. The molecule has 2 rings (SSSR count). The van der Waals surface area contributed by atoms with E-state index < -0.39 is 0 Å². The molecule has 0 amide bonds. The number of guanidine groups is 1. The van der Waals surface area contributed by atoms with Gasteiger partial charge in [0, 0.05) is 13.1 Å². The van der Waals surface area contributed by atoms with E-state index in [0.29, 0.717) is 30.5 Å². The molecule has 1 atom stereocenters. The monoisotopic (exact) mass is 402 g/mol. The molecule has 0 saturated heterocycles. The molecule has 0 aliphatic heterocycles. The van der Waals surface area contributed by atoms with E-state index in [4.69, 9.17) is 9.47 Å². The van der Waals surface area contributed by atoms with Crippen molar-refractivity contribution in [2.24, 2.45) is 4.99 Å². The van der Waals surface area contributed by atoms with Crippen molar-refractivity contribution < 1.29 is 13.9 Å². The van der Waals surface area contributed by atoms with Gasteiger partial charge in [0.15, 0.2) is 17.5 Å². The minimum atomic E-state index is -0.233. The topological polar surface area (TPSA) is 58.1 Å². The summed E-state index contributed by atoms with van der Waals surface area (Å²) < 4.78 is 24.3. The predicted molar refractivity (Wildman–Crippen MR) is 115 cm³/mol. The molecule has 0 bridgehead atoms. The number of nitrogens with one attached hydrogen (secondary N) is 2.